The summed E-state index contributed by atoms with van der Waals surface area (Å²) < 4.78 is 13.2. The van der Waals surface area contributed by atoms with Gasteiger partial charge >= 0.3 is 0 Å². The fourth-order valence-electron chi connectivity index (χ4n) is 3.30. The number of hydrogen-bond donors (Lipinski definition) is 3. The summed E-state index contributed by atoms with van der Waals surface area (Å²) in [7, 11) is 5.33. The van der Waals surface area contributed by atoms with Crippen LogP contribution in [0, 0.1) is 11.2 Å². The van der Waals surface area contributed by atoms with Crippen molar-refractivity contribution in [3.63, 3.8) is 0 Å². The van der Waals surface area contributed by atoms with Crippen molar-refractivity contribution in [2.24, 2.45) is 0 Å². The largest absolute Gasteiger partial charge is 0.400 e. The molecule has 0 aliphatic carbocycles. The maximum absolute atomic E-state index is 13.2. The molecular weight excluding hydrogens is 472 g/mol. The van der Waals surface area contributed by atoms with E-state index in [0.29, 0.717) is 5.71 Å². The minimum Gasteiger partial charge on any atom is -0.400 e. The number of rotatable bonds is 10. The third-order valence-corrected chi connectivity index (χ3v) is 5.67. The molecule has 3 aromatic rings. The van der Waals surface area contributed by atoms with Crippen LogP contribution in [0.4, 0.5) is 4.39 Å². The van der Waals surface area contributed by atoms with E-state index in [4.69, 9.17) is 10.5 Å². The van der Waals surface area contributed by atoms with E-state index in [-0.39, 0.29) is 11.7 Å². The Balaban J connectivity index is 0.000000353. The third-order valence-electron chi connectivity index (χ3n) is 5.34. The van der Waals surface area contributed by atoms with Crippen LogP contribution in [0.3, 0.4) is 0 Å². The summed E-state index contributed by atoms with van der Waals surface area (Å²) in [6, 6.07) is 24.7. The average Bonchev–Trinajstić information content (AvgIpc) is 2.89. The molecular formula is C29H39FN3O2P. The number of hydrogen-bond acceptors (Lipinski definition) is 4. The first-order chi connectivity index (χ1) is 17.4. The number of unbranched alkanes of at least 4 members (excludes halogenated alkanes) is 1. The molecule has 0 heterocycles. The highest BCUT2D eigenvalue weighted by atomic mass is 31.0. The zero-order valence-electron chi connectivity index (χ0n) is 21.5. The number of amides is 1. The second-order valence-corrected chi connectivity index (χ2v) is 8.81. The molecule has 0 fully saturated rings. The molecule has 1 amide bonds. The zero-order chi connectivity index (χ0) is 26.8. The standard InChI is InChI=1S/C15H24FN2OP.C13H11N.CH4O/c1-12(19)18(2)8-7-17-6-4-3-5-13-9-14(16)11-15(20)10-13;14-13(11-7-3-1-4-8-11)12-9-5-2-6-10-12;1-2/h9-11,17H,3-8,20H2,1-2H3;1-10,14H;2H,1H3. The average molecular weight is 512 g/mol. The molecule has 3 aromatic carbocycles. The smallest absolute Gasteiger partial charge is 0.219 e. The second-order valence-electron chi connectivity index (χ2n) is 8.15. The van der Waals surface area contributed by atoms with Crippen molar-refractivity contribution in [2.45, 2.75) is 26.2 Å². The molecule has 5 nitrogen and oxygen atoms in total. The molecule has 194 valence electrons. The van der Waals surface area contributed by atoms with E-state index in [1.54, 1.807) is 24.9 Å². The highest BCUT2D eigenvalue weighted by Gasteiger charge is 2.02. The van der Waals surface area contributed by atoms with Crippen LogP contribution in [-0.4, -0.2) is 55.4 Å². The Morgan fingerprint density at radius 3 is 2.00 bits per heavy atom. The fourth-order valence-corrected chi connectivity index (χ4v) is 3.68. The molecule has 0 aromatic heterocycles. The number of likely N-dealkylation sites (N-methyl/N-ethyl adjacent to an activating group) is 1. The Labute approximate surface area is 217 Å². The predicted molar refractivity (Wildman–Crippen MR) is 152 cm³/mol. The lowest BCUT2D eigenvalue weighted by Gasteiger charge is -2.14. The van der Waals surface area contributed by atoms with Crippen LogP contribution in [-0.2, 0) is 11.2 Å². The normalized spacial score (nSPS) is 9.83. The number of aliphatic hydroxyl groups is 1. The summed E-state index contributed by atoms with van der Waals surface area (Å²) in [4.78, 5) is 12.7. The molecule has 36 heavy (non-hydrogen) atoms. The molecule has 3 rings (SSSR count). The number of aliphatic hydroxyl groups excluding tert-OH is 1. The van der Waals surface area contributed by atoms with E-state index in [9.17, 15) is 9.18 Å². The Morgan fingerprint density at radius 2 is 1.50 bits per heavy atom. The van der Waals surface area contributed by atoms with E-state index in [1.165, 1.54) is 6.07 Å². The van der Waals surface area contributed by atoms with Crippen molar-refractivity contribution in [2.75, 3.05) is 33.8 Å². The number of carbonyl (C=O) groups is 1. The summed E-state index contributed by atoms with van der Waals surface area (Å²) in [5, 5.41) is 19.2. The van der Waals surface area contributed by atoms with Gasteiger partial charge in [-0.3, -0.25) is 10.2 Å². The molecule has 1 unspecified atom stereocenters. The SMILES string of the molecule is CC(=O)N(C)CCNCCCCc1cc(F)cc(P)c1.CO.N=C(c1ccccc1)c1ccccc1. The van der Waals surface area contributed by atoms with Gasteiger partial charge in [0.25, 0.3) is 0 Å². The third kappa shape index (κ3) is 12.7. The fraction of sp³-hybridized carbons (Fsp3) is 0.310. The van der Waals surface area contributed by atoms with Gasteiger partial charge in [-0.15, -0.1) is 9.24 Å². The minimum atomic E-state index is -0.169. The van der Waals surface area contributed by atoms with E-state index in [1.807, 2.05) is 66.7 Å². The molecule has 0 bridgehead atoms. The number of halogens is 1. The zero-order valence-corrected chi connectivity index (χ0v) is 22.7. The summed E-state index contributed by atoms with van der Waals surface area (Å²) in [6.45, 7) is 4.04. The van der Waals surface area contributed by atoms with Gasteiger partial charge < -0.3 is 15.3 Å². The van der Waals surface area contributed by atoms with Crippen LogP contribution >= 0.6 is 9.24 Å². The number of aryl methyl sites for hydroxylation is 1. The Kier molecular flexibility index (Phi) is 15.9. The highest BCUT2D eigenvalue weighted by molar-refractivity contribution is 7.27. The Morgan fingerprint density at radius 1 is 0.944 bits per heavy atom. The van der Waals surface area contributed by atoms with Crippen molar-refractivity contribution >= 4 is 26.2 Å². The quantitative estimate of drug-likeness (QED) is 0.214. The van der Waals surface area contributed by atoms with Gasteiger partial charge in [-0.2, -0.15) is 0 Å². The molecule has 0 spiro atoms. The van der Waals surface area contributed by atoms with Gasteiger partial charge in [-0.25, -0.2) is 4.39 Å². The lowest BCUT2D eigenvalue weighted by molar-refractivity contribution is -0.127. The van der Waals surface area contributed by atoms with Crippen LogP contribution in [0.15, 0.2) is 78.9 Å². The molecule has 0 radical (unpaired) electrons. The Bertz CT molecular complexity index is 971. The van der Waals surface area contributed by atoms with Crippen LogP contribution in [0.25, 0.3) is 0 Å². The van der Waals surface area contributed by atoms with Crippen molar-refractivity contribution in [1.29, 1.82) is 5.41 Å². The first kappa shape index (κ1) is 31.1. The number of nitrogens with zero attached hydrogens (tertiary/aromatic N) is 1. The first-order valence-corrected chi connectivity index (χ1v) is 12.6. The second kappa shape index (κ2) is 18.4. The summed E-state index contributed by atoms with van der Waals surface area (Å²) in [5.74, 6) is -0.0796. The van der Waals surface area contributed by atoms with Gasteiger partial charge in [-0.05, 0) is 59.9 Å². The van der Waals surface area contributed by atoms with Crippen LogP contribution in [0.5, 0.6) is 0 Å². The molecule has 1 atom stereocenters. The molecule has 0 aliphatic heterocycles. The molecule has 0 saturated heterocycles. The first-order valence-electron chi connectivity index (χ1n) is 12.0. The van der Waals surface area contributed by atoms with Crippen molar-refractivity contribution in [3.05, 3.63) is 101 Å². The number of carbonyl (C=O) groups excluding carboxylic acids is 1. The van der Waals surface area contributed by atoms with Gasteiger partial charge in [0.05, 0.1) is 5.71 Å². The van der Waals surface area contributed by atoms with Gasteiger partial charge in [0.1, 0.15) is 5.82 Å². The van der Waals surface area contributed by atoms with Gasteiger partial charge in [-0.1, -0.05) is 66.7 Å². The van der Waals surface area contributed by atoms with Crippen LogP contribution < -0.4 is 10.6 Å². The molecule has 7 heteroatoms. The van der Waals surface area contributed by atoms with Gasteiger partial charge in [0.2, 0.25) is 5.91 Å². The summed E-state index contributed by atoms with van der Waals surface area (Å²) in [5.41, 5.74) is 3.54. The predicted octanol–water partition coefficient (Wildman–Crippen LogP) is 4.43. The van der Waals surface area contributed by atoms with Crippen molar-refractivity contribution < 1.29 is 14.3 Å². The number of nitrogens with one attached hydrogen (secondary N) is 2. The minimum absolute atomic E-state index is 0.0890. The van der Waals surface area contributed by atoms with Gasteiger partial charge in [0, 0.05) is 34.2 Å². The van der Waals surface area contributed by atoms with E-state index in [2.05, 4.69) is 14.6 Å². The summed E-state index contributed by atoms with van der Waals surface area (Å²) in [6.07, 6.45) is 2.98. The highest BCUT2D eigenvalue weighted by Crippen LogP contribution is 2.09. The van der Waals surface area contributed by atoms with Crippen molar-refractivity contribution in [1.82, 2.24) is 10.2 Å². The molecule has 0 aliphatic rings. The monoisotopic (exact) mass is 511 g/mol. The van der Waals surface area contributed by atoms with Crippen LogP contribution in [0.2, 0.25) is 0 Å². The van der Waals surface area contributed by atoms with E-state index >= 15 is 0 Å². The van der Waals surface area contributed by atoms with Crippen molar-refractivity contribution in [3.8, 4) is 0 Å². The maximum Gasteiger partial charge on any atom is 0.219 e. The maximum atomic E-state index is 13.2. The number of benzene rings is 3. The molecule has 3 N–H and O–H groups in total. The topological polar surface area (TPSA) is 76.4 Å². The lowest BCUT2D eigenvalue weighted by atomic mass is 10.0. The van der Waals surface area contributed by atoms with Crippen LogP contribution in [0.1, 0.15) is 36.5 Å². The van der Waals surface area contributed by atoms with E-state index < -0.39 is 0 Å². The Hall–Kier alpha value is -2.92. The lowest BCUT2D eigenvalue weighted by Crippen LogP contribution is -2.32. The summed E-state index contributed by atoms with van der Waals surface area (Å²) >= 11 is 0. The van der Waals surface area contributed by atoms with Gasteiger partial charge in [0.15, 0.2) is 0 Å². The molecule has 0 saturated carbocycles. The van der Waals surface area contributed by atoms with E-state index in [0.717, 1.165) is 68.0 Å².